The van der Waals surface area contributed by atoms with Gasteiger partial charge in [-0.2, -0.15) is 0 Å². The van der Waals surface area contributed by atoms with E-state index in [-0.39, 0.29) is 29.5 Å². The van der Waals surface area contributed by atoms with Crippen molar-refractivity contribution in [2.75, 3.05) is 0 Å². The Labute approximate surface area is 177 Å². The summed E-state index contributed by atoms with van der Waals surface area (Å²) in [5.41, 5.74) is 1.22. The van der Waals surface area contributed by atoms with E-state index in [0.29, 0.717) is 18.2 Å². The van der Waals surface area contributed by atoms with Crippen molar-refractivity contribution in [2.24, 2.45) is 13.0 Å². The van der Waals surface area contributed by atoms with Crippen LogP contribution in [0.15, 0.2) is 33.9 Å². The summed E-state index contributed by atoms with van der Waals surface area (Å²) in [5.74, 6) is 1.42. The molecule has 0 bridgehead atoms. The minimum absolute atomic E-state index is 0.144. The van der Waals surface area contributed by atoms with Gasteiger partial charge in [-0.15, -0.1) is 0 Å². The van der Waals surface area contributed by atoms with Gasteiger partial charge in [0.25, 0.3) is 5.56 Å². The lowest BCUT2D eigenvalue weighted by atomic mass is 10.0. The summed E-state index contributed by atoms with van der Waals surface area (Å²) in [5, 5.41) is 3.06. The molecule has 0 aliphatic heterocycles. The molecule has 3 heterocycles. The number of para-hydroxylation sites is 2. The van der Waals surface area contributed by atoms with Crippen LogP contribution in [-0.4, -0.2) is 35.4 Å². The molecule has 4 aromatic rings. The Hall–Kier alpha value is -3.69. The molecule has 10 heteroatoms. The van der Waals surface area contributed by atoms with E-state index < -0.39 is 11.2 Å². The van der Waals surface area contributed by atoms with E-state index in [1.165, 1.54) is 11.6 Å². The Kier molecular flexibility index (Phi) is 5.45. The van der Waals surface area contributed by atoms with Crippen molar-refractivity contribution < 1.29 is 4.79 Å². The molecule has 3 aromatic heterocycles. The highest BCUT2D eigenvalue weighted by atomic mass is 16.2. The maximum atomic E-state index is 12.7. The number of H-pyrrole nitrogens is 3. The minimum atomic E-state index is -0.532. The van der Waals surface area contributed by atoms with Gasteiger partial charge in [0, 0.05) is 19.9 Å². The Morgan fingerprint density at radius 1 is 1.13 bits per heavy atom. The van der Waals surface area contributed by atoms with Gasteiger partial charge in [-0.05, 0) is 24.5 Å². The number of aromatic nitrogens is 6. The first-order valence-corrected chi connectivity index (χ1v) is 10.2. The number of aromatic amines is 3. The minimum Gasteiger partial charge on any atom is -0.346 e. The SMILES string of the molecule is CC(C)CC(NC(=O)CCc1nc2c([nH]1)c(=O)[nH]c(=O)n2C)c1nc2ccccc2[nH]1. The van der Waals surface area contributed by atoms with E-state index in [2.05, 4.69) is 44.1 Å². The Morgan fingerprint density at radius 3 is 2.65 bits per heavy atom. The number of hydrogen-bond acceptors (Lipinski definition) is 5. The molecule has 1 amide bonds. The summed E-state index contributed by atoms with van der Waals surface area (Å²) in [6, 6.07) is 7.52. The Morgan fingerprint density at radius 2 is 1.90 bits per heavy atom. The van der Waals surface area contributed by atoms with Crippen molar-refractivity contribution in [3.05, 3.63) is 56.8 Å². The molecule has 1 aromatic carbocycles. The van der Waals surface area contributed by atoms with Crippen LogP contribution in [0.25, 0.3) is 22.2 Å². The molecule has 1 atom stereocenters. The molecular weight excluding hydrogens is 398 g/mol. The van der Waals surface area contributed by atoms with Crippen LogP contribution in [-0.2, 0) is 18.3 Å². The van der Waals surface area contributed by atoms with Crippen LogP contribution in [0.1, 0.15) is 44.4 Å². The highest BCUT2D eigenvalue weighted by Crippen LogP contribution is 2.22. The quantitative estimate of drug-likeness (QED) is 0.358. The van der Waals surface area contributed by atoms with E-state index in [0.717, 1.165) is 23.3 Å². The topological polar surface area (TPSA) is 141 Å². The van der Waals surface area contributed by atoms with Crippen molar-refractivity contribution in [2.45, 2.75) is 39.2 Å². The smallest absolute Gasteiger partial charge is 0.329 e. The van der Waals surface area contributed by atoms with Gasteiger partial charge >= 0.3 is 5.69 Å². The molecule has 0 radical (unpaired) electrons. The van der Waals surface area contributed by atoms with Crippen LogP contribution in [0.4, 0.5) is 0 Å². The van der Waals surface area contributed by atoms with Crippen molar-refractivity contribution in [1.82, 2.24) is 34.8 Å². The molecular formula is C21H25N7O3. The van der Waals surface area contributed by atoms with Crippen molar-refractivity contribution in [3.8, 4) is 0 Å². The Balaban J connectivity index is 1.48. The molecule has 4 rings (SSSR count). The van der Waals surface area contributed by atoms with Crippen LogP contribution in [0.2, 0.25) is 0 Å². The number of aryl methyl sites for hydroxylation is 2. The molecule has 0 fully saturated rings. The summed E-state index contributed by atoms with van der Waals surface area (Å²) in [6.45, 7) is 4.19. The summed E-state index contributed by atoms with van der Waals surface area (Å²) >= 11 is 0. The fourth-order valence-corrected chi connectivity index (χ4v) is 3.62. The molecule has 0 aliphatic rings. The van der Waals surface area contributed by atoms with Gasteiger partial charge in [0.1, 0.15) is 17.2 Å². The zero-order valence-corrected chi connectivity index (χ0v) is 17.7. The predicted molar refractivity (Wildman–Crippen MR) is 117 cm³/mol. The number of rotatable bonds is 7. The number of amides is 1. The highest BCUT2D eigenvalue weighted by molar-refractivity contribution is 5.78. The Bertz CT molecular complexity index is 1330. The zero-order chi connectivity index (χ0) is 22.1. The summed E-state index contributed by atoms with van der Waals surface area (Å²) in [7, 11) is 1.53. The fraction of sp³-hybridized carbons (Fsp3) is 0.381. The first-order valence-electron chi connectivity index (χ1n) is 10.2. The lowest BCUT2D eigenvalue weighted by Crippen LogP contribution is -2.30. The van der Waals surface area contributed by atoms with Gasteiger partial charge in [0.05, 0.1) is 17.1 Å². The maximum Gasteiger partial charge on any atom is 0.329 e. The molecule has 10 nitrogen and oxygen atoms in total. The molecule has 4 N–H and O–H groups in total. The van der Waals surface area contributed by atoms with Crippen LogP contribution >= 0.6 is 0 Å². The zero-order valence-electron chi connectivity index (χ0n) is 17.7. The second kappa shape index (κ2) is 8.21. The second-order valence-corrected chi connectivity index (χ2v) is 8.09. The summed E-state index contributed by atoms with van der Waals surface area (Å²) in [4.78, 5) is 53.7. The van der Waals surface area contributed by atoms with Gasteiger partial charge < -0.3 is 15.3 Å². The highest BCUT2D eigenvalue weighted by Gasteiger charge is 2.20. The van der Waals surface area contributed by atoms with Crippen LogP contribution < -0.4 is 16.6 Å². The van der Waals surface area contributed by atoms with Crippen LogP contribution in [0.5, 0.6) is 0 Å². The number of carbonyl (C=O) groups excluding carboxylic acids is 1. The first kappa shape index (κ1) is 20.6. The number of nitrogens with zero attached hydrogens (tertiary/aromatic N) is 3. The van der Waals surface area contributed by atoms with Crippen LogP contribution in [0, 0.1) is 5.92 Å². The van der Waals surface area contributed by atoms with E-state index >= 15 is 0 Å². The second-order valence-electron chi connectivity index (χ2n) is 8.09. The third kappa shape index (κ3) is 4.27. The molecule has 0 spiro atoms. The van der Waals surface area contributed by atoms with Gasteiger partial charge in [-0.1, -0.05) is 26.0 Å². The molecule has 0 saturated carbocycles. The average Bonchev–Trinajstić information content (AvgIpc) is 3.34. The first-order chi connectivity index (χ1) is 14.8. The summed E-state index contributed by atoms with van der Waals surface area (Å²) < 4.78 is 1.26. The van der Waals surface area contributed by atoms with Gasteiger partial charge in [0.2, 0.25) is 5.91 Å². The lowest BCUT2D eigenvalue weighted by molar-refractivity contribution is -0.122. The van der Waals surface area contributed by atoms with Gasteiger partial charge in [-0.3, -0.25) is 19.1 Å². The number of fused-ring (bicyclic) bond motifs is 2. The monoisotopic (exact) mass is 423 g/mol. The van der Waals surface area contributed by atoms with Crippen molar-refractivity contribution in [1.29, 1.82) is 0 Å². The fourth-order valence-electron chi connectivity index (χ4n) is 3.62. The number of carbonyl (C=O) groups is 1. The number of hydrogen-bond donors (Lipinski definition) is 4. The third-order valence-corrected chi connectivity index (χ3v) is 5.17. The third-order valence-electron chi connectivity index (χ3n) is 5.17. The number of benzene rings is 1. The standard InChI is InChI=1S/C21H25N7O3/c1-11(2)10-14(18-23-12-6-4-5-7-13(12)24-18)22-16(29)9-8-15-25-17-19(26-15)28(3)21(31)27-20(17)30/h4-7,11,14H,8-10H2,1-3H3,(H,22,29)(H,23,24)(H,25,26)(H,27,30,31). The van der Waals surface area contributed by atoms with Crippen molar-refractivity contribution >= 4 is 28.1 Å². The van der Waals surface area contributed by atoms with Gasteiger partial charge in [0.15, 0.2) is 5.65 Å². The molecule has 31 heavy (non-hydrogen) atoms. The largest absolute Gasteiger partial charge is 0.346 e. The number of imidazole rings is 2. The van der Waals surface area contributed by atoms with E-state index in [4.69, 9.17) is 0 Å². The maximum absolute atomic E-state index is 12.7. The molecule has 1 unspecified atom stereocenters. The normalized spacial score (nSPS) is 12.6. The molecule has 0 saturated heterocycles. The van der Waals surface area contributed by atoms with Crippen LogP contribution in [0.3, 0.4) is 0 Å². The molecule has 0 aliphatic carbocycles. The number of nitrogens with one attached hydrogen (secondary N) is 4. The van der Waals surface area contributed by atoms with Gasteiger partial charge in [-0.25, -0.2) is 14.8 Å². The molecule has 162 valence electrons. The van der Waals surface area contributed by atoms with Crippen molar-refractivity contribution in [3.63, 3.8) is 0 Å². The lowest BCUT2D eigenvalue weighted by Gasteiger charge is -2.18. The van der Waals surface area contributed by atoms with E-state index in [1.54, 1.807) is 0 Å². The van der Waals surface area contributed by atoms with E-state index in [1.807, 2.05) is 24.3 Å². The average molecular weight is 423 g/mol. The summed E-state index contributed by atoms with van der Waals surface area (Å²) in [6.07, 6.45) is 1.23. The predicted octanol–water partition coefficient (Wildman–Crippen LogP) is 1.66. The van der Waals surface area contributed by atoms with E-state index in [9.17, 15) is 14.4 Å².